The van der Waals surface area contributed by atoms with Crippen LogP contribution < -0.4 is 11.3 Å². The molecule has 15 heavy (non-hydrogen) atoms. The van der Waals surface area contributed by atoms with Gasteiger partial charge in [0.2, 0.25) is 0 Å². The van der Waals surface area contributed by atoms with Gasteiger partial charge in [-0.05, 0) is 6.92 Å². The number of nitrogens with two attached hydrogens (primary N) is 1. The highest BCUT2D eigenvalue weighted by molar-refractivity contribution is 6.32. The summed E-state index contributed by atoms with van der Waals surface area (Å²) in [5, 5.41) is 4.24. The van der Waals surface area contributed by atoms with E-state index in [0.29, 0.717) is 16.7 Å². The number of aromatic nitrogens is 4. The van der Waals surface area contributed by atoms with Gasteiger partial charge in [-0.2, -0.15) is 0 Å². The molecule has 7 heteroatoms. The molecule has 3 N–H and O–H groups in total. The highest BCUT2D eigenvalue weighted by Gasteiger charge is 2.06. The van der Waals surface area contributed by atoms with E-state index in [2.05, 4.69) is 15.1 Å². The number of nitrogen functional groups attached to an aromatic ring is 1. The van der Waals surface area contributed by atoms with Crippen molar-refractivity contribution in [3.8, 4) is 5.82 Å². The van der Waals surface area contributed by atoms with E-state index in [4.69, 9.17) is 17.3 Å². The van der Waals surface area contributed by atoms with Crippen molar-refractivity contribution in [1.29, 1.82) is 0 Å². The fourth-order valence-corrected chi connectivity index (χ4v) is 1.29. The summed E-state index contributed by atoms with van der Waals surface area (Å²) in [4.78, 5) is 17.8. The highest BCUT2D eigenvalue weighted by Crippen LogP contribution is 2.16. The standard InChI is InChI=1S/C8H8ClN5O/c1-4-11-6(2-7(15)12-4)14-3-5(9)8(10)13-14/h2-3H,1H3,(H2,10,13)(H,11,12,15). The Kier molecular flexibility index (Phi) is 2.20. The summed E-state index contributed by atoms with van der Waals surface area (Å²) in [5.41, 5.74) is 5.23. The molecule has 2 heterocycles. The summed E-state index contributed by atoms with van der Waals surface area (Å²) in [6.45, 7) is 1.68. The zero-order valence-electron chi connectivity index (χ0n) is 7.86. The van der Waals surface area contributed by atoms with Gasteiger partial charge in [0.15, 0.2) is 11.6 Å². The maximum absolute atomic E-state index is 11.2. The predicted molar refractivity (Wildman–Crippen MR) is 56.1 cm³/mol. The minimum absolute atomic E-state index is 0.205. The van der Waals surface area contributed by atoms with Crippen molar-refractivity contribution in [1.82, 2.24) is 19.7 Å². The molecule has 0 saturated carbocycles. The molecule has 0 bridgehead atoms. The number of aryl methyl sites for hydroxylation is 1. The second-order valence-electron chi connectivity index (χ2n) is 3.00. The van der Waals surface area contributed by atoms with Crippen LogP contribution in [-0.4, -0.2) is 19.7 Å². The van der Waals surface area contributed by atoms with Crippen molar-refractivity contribution < 1.29 is 0 Å². The molecule has 78 valence electrons. The molecule has 0 atom stereocenters. The Morgan fingerprint density at radius 2 is 2.33 bits per heavy atom. The van der Waals surface area contributed by atoms with Crippen LogP contribution >= 0.6 is 11.6 Å². The molecule has 0 unspecified atom stereocenters. The molecule has 2 rings (SSSR count). The lowest BCUT2D eigenvalue weighted by Crippen LogP contribution is -2.12. The minimum atomic E-state index is -0.248. The maximum Gasteiger partial charge on any atom is 0.253 e. The van der Waals surface area contributed by atoms with Crippen molar-refractivity contribution in [2.24, 2.45) is 0 Å². The molecule has 0 saturated heterocycles. The SMILES string of the molecule is Cc1nc(-n2cc(Cl)c(N)n2)cc(=O)[nH]1. The number of nitrogens with one attached hydrogen (secondary N) is 1. The summed E-state index contributed by atoms with van der Waals surface area (Å²) in [6.07, 6.45) is 1.50. The Balaban J connectivity index is 2.58. The van der Waals surface area contributed by atoms with Gasteiger partial charge >= 0.3 is 0 Å². The summed E-state index contributed by atoms with van der Waals surface area (Å²) in [7, 11) is 0. The summed E-state index contributed by atoms with van der Waals surface area (Å²) in [6, 6.07) is 1.32. The van der Waals surface area contributed by atoms with Gasteiger partial charge in [0.25, 0.3) is 5.56 Å². The highest BCUT2D eigenvalue weighted by atomic mass is 35.5. The van der Waals surface area contributed by atoms with Crippen LogP contribution in [0.25, 0.3) is 5.82 Å². The number of hydrogen-bond acceptors (Lipinski definition) is 4. The van der Waals surface area contributed by atoms with E-state index >= 15 is 0 Å². The lowest BCUT2D eigenvalue weighted by atomic mass is 10.5. The van der Waals surface area contributed by atoms with E-state index in [1.54, 1.807) is 6.92 Å². The van der Waals surface area contributed by atoms with Crippen molar-refractivity contribution in [2.45, 2.75) is 6.92 Å². The number of H-pyrrole nitrogens is 1. The molecule has 2 aromatic heterocycles. The molecule has 0 aliphatic rings. The van der Waals surface area contributed by atoms with Crippen LogP contribution in [0.4, 0.5) is 5.82 Å². The van der Waals surface area contributed by atoms with Crippen LogP contribution in [0.1, 0.15) is 5.82 Å². The fraction of sp³-hybridized carbons (Fsp3) is 0.125. The monoisotopic (exact) mass is 225 g/mol. The zero-order chi connectivity index (χ0) is 11.0. The molecule has 2 aromatic rings. The van der Waals surface area contributed by atoms with Gasteiger partial charge < -0.3 is 10.7 Å². The largest absolute Gasteiger partial charge is 0.381 e. The maximum atomic E-state index is 11.2. The van der Waals surface area contributed by atoms with Gasteiger partial charge in [-0.3, -0.25) is 4.79 Å². The van der Waals surface area contributed by atoms with Gasteiger partial charge in [0.05, 0.1) is 6.20 Å². The van der Waals surface area contributed by atoms with Crippen LogP contribution in [0.15, 0.2) is 17.1 Å². The first-order valence-electron chi connectivity index (χ1n) is 4.15. The van der Waals surface area contributed by atoms with Gasteiger partial charge in [-0.15, -0.1) is 5.10 Å². The Morgan fingerprint density at radius 1 is 1.60 bits per heavy atom. The number of aromatic amines is 1. The molecule has 0 aliphatic carbocycles. The fourth-order valence-electron chi connectivity index (χ4n) is 1.16. The van der Waals surface area contributed by atoms with E-state index in [0.717, 1.165) is 0 Å². The first-order chi connectivity index (χ1) is 7.06. The average Bonchev–Trinajstić information content (AvgIpc) is 2.45. The molecular weight excluding hydrogens is 218 g/mol. The first-order valence-corrected chi connectivity index (χ1v) is 4.53. The van der Waals surface area contributed by atoms with Crippen LogP contribution in [0, 0.1) is 6.92 Å². The van der Waals surface area contributed by atoms with E-state index in [9.17, 15) is 4.79 Å². The number of hydrogen-bond donors (Lipinski definition) is 2. The third-order valence-corrected chi connectivity index (χ3v) is 2.07. The second kappa shape index (κ2) is 3.39. The van der Waals surface area contributed by atoms with E-state index < -0.39 is 0 Å². The van der Waals surface area contributed by atoms with Crippen molar-refractivity contribution in [3.63, 3.8) is 0 Å². The molecule has 0 aliphatic heterocycles. The minimum Gasteiger partial charge on any atom is -0.381 e. The van der Waals surface area contributed by atoms with Gasteiger partial charge in [0.1, 0.15) is 10.8 Å². The Morgan fingerprint density at radius 3 is 2.87 bits per heavy atom. The van der Waals surface area contributed by atoms with Gasteiger partial charge in [-0.1, -0.05) is 11.6 Å². The lowest BCUT2D eigenvalue weighted by Gasteiger charge is -1.99. The average molecular weight is 226 g/mol. The van der Waals surface area contributed by atoms with E-state index in [-0.39, 0.29) is 11.4 Å². The summed E-state index contributed by atoms with van der Waals surface area (Å²) < 4.78 is 1.36. The van der Waals surface area contributed by atoms with Crippen LogP contribution in [-0.2, 0) is 0 Å². The summed E-state index contributed by atoms with van der Waals surface area (Å²) in [5.74, 6) is 1.09. The Bertz CT molecular complexity index is 539. The molecule has 0 spiro atoms. The predicted octanol–water partition coefficient (Wildman–Crippen LogP) is 0.500. The van der Waals surface area contributed by atoms with Crippen LogP contribution in [0.2, 0.25) is 5.02 Å². The quantitative estimate of drug-likeness (QED) is 0.740. The Hall–Kier alpha value is -1.82. The van der Waals surface area contributed by atoms with Gasteiger partial charge in [-0.25, -0.2) is 9.67 Å². The topological polar surface area (TPSA) is 89.6 Å². The third-order valence-electron chi connectivity index (χ3n) is 1.78. The molecule has 0 fully saturated rings. The third kappa shape index (κ3) is 1.84. The zero-order valence-corrected chi connectivity index (χ0v) is 8.62. The van der Waals surface area contributed by atoms with Gasteiger partial charge in [0, 0.05) is 6.07 Å². The summed E-state index contributed by atoms with van der Waals surface area (Å²) >= 11 is 5.74. The second-order valence-corrected chi connectivity index (χ2v) is 3.40. The molecular formula is C8H8ClN5O. The molecule has 0 aromatic carbocycles. The number of anilines is 1. The molecule has 6 nitrogen and oxygen atoms in total. The van der Waals surface area contributed by atoms with E-state index in [1.807, 2.05) is 0 Å². The van der Waals surface area contributed by atoms with Crippen LogP contribution in [0.5, 0.6) is 0 Å². The normalized spacial score (nSPS) is 10.5. The van der Waals surface area contributed by atoms with Crippen molar-refractivity contribution in [3.05, 3.63) is 33.5 Å². The number of nitrogens with zero attached hydrogens (tertiary/aromatic N) is 3. The van der Waals surface area contributed by atoms with Crippen LogP contribution in [0.3, 0.4) is 0 Å². The lowest BCUT2D eigenvalue weighted by molar-refractivity contribution is 0.826. The Labute approximate surface area is 89.7 Å². The molecule has 0 radical (unpaired) electrons. The first kappa shape index (κ1) is 9.72. The smallest absolute Gasteiger partial charge is 0.253 e. The number of halogens is 1. The van der Waals surface area contributed by atoms with E-state index in [1.165, 1.54) is 16.9 Å². The number of rotatable bonds is 1. The molecule has 0 amide bonds. The van der Waals surface area contributed by atoms with Crippen molar-refractivity contribution >= 4 is 17.4 Å². The van der Waals surface area contributed by atoms with Crippen molar-refractivity contribution in [2.75, 3.05) is 5.73 Å².